The van der Waals surface area contributed by atoms with Gasteiger partial charge in [0.05, 0.1) is 0 Å². The van der Waals surface area contributed by atoms with Gasteiger partial charge in [0.1, 0.15) is 30.0 Å². The van der Waals surface area contributed by atoms with Crippen LogP contribution in [-0.4, -0.2) is 47.1 Å². The lowest BCUT2D eigenvalue weighted by Crippen LogP contribution is -2.62. The fourth-order valence-corrected chi connectivity index (χ4v) is 6.51. The maximum Gasteiger partial charge on any atom is 0.334 e. The molecule has 0 aromatic heterocycles. The molecule has 1 saturated carbocycles. The molecule has 6 heteroatoms. The number of carbonyl (C=O) groups excluding carboxylic acids is 2. The molecule has 1 aromatic carbocycles. The summed E-state index contributed by atoms with van der Waals surface area (Å²) < 4.78 is 18.8. The van der Waals surface area contributed by atoms with Crippen molar-refractivity contribution in [2.45, 2.75) is 77.3 Å². The van der Waals surface area contributed by atoms with E-state index < -0.39 is 36.0 Å². The van der Waals surface area contributed by atoms with Gasteiger partial charge in [-0.05, 0) is 56.1 Å². The number of benzene rings is 1. The van der Waals surface area contributed by atoms with Crippen LogP contribution in [-0.2, 0) is 23.8 Å². The highest BCUT2D eigenvalue weighted by Crippen LogP contribution is 2.63. The van der Waals surface area contributed by atoms with Gasteiger partial charge in [0.2, 0.25) is 0 Å². The van der Waals surface area contributed by atoms with Crippen molar-refractivity contribution in [2.75, 3.05) is 6.61 Å². The molecule has 4 rings (SSSR count). The summed E-state index contributed by atoms with van der Waals surface area (Å²) in [6.45, 7) is 9.51. The monoisotopic (exact) mass is 456 g/mol. The minimum atomic E-state index is -0.752. The lowest BCUT2D eigenvalue weighted by Gasteiger charge is -2.53. The molecule has 1 aliphatic carbocycles. The first kappa shape index (κ1) is 24.0. The first-order chi connectivity index (χ1) is 15.6. The number of hydrogen-bond acceptors (Lipinski definition) is 6. The van der Waals surface area contributed by atoms with Crippen molar-refractivity contribution in [3.8, 4) is 0 Å². The average Bonchev–Trinajstić information content (AvgIpc) is 3.30. The second-order valence-corrected chi connectivity index (χ2v) is 10.5. The molecule has 2 heterocycles. The summed E-state index contributed by atoms with van der Waals surface area (Å²) in [7, 11) is 0. The first-order valence-electron chi connectivity index (χ1n) is 12.1. The van der Waals surface area contributed by atoms with Gasteiger partial charge in [-0.3, -0.25) is 0 Å². The Morgan fingerprint density at radius 3 is 2.55 bits per heavy atom. The molecule has 2 bridgehead atoms. The Labute approximate surface area is 196 Å². The molecule has 2 aliphatic heterocycles. The van der Waals surface area contributed by atoms with Crippen molar-refractivity contribution in [3.05, 3.63) is 41.5 Å². The number of hydrogen-bond donors (Lipinski definition) is 1. The minimum Gasteiger partial charge on any atom is -0.457 e. The summed E-state index contributed by atoms with van der Waals surface area (Å²) in [6.07, 6.45) is 3.31. The van der Waals surface area contributed by atoms with E-state index in [1.54, 1.807) is 6.92 Å². The summed E-state index contributed by atoms with van der Waals surface area (Å²) in [5.41, 5.74) is 0.0683. The summed E-state index contributed by atoms with van der Waals surface area (Å²) in [5.74, 6) is -0.356. The van der Waals surface area contributed by atoms with Gasteiger partial charge >= 0.3 is 11.9 Å². The highest BCUT2D eigenvalue weighted by molar-refractivity contribution is 5.93. The van der Waals surface area contributed by atoms with E-state index in [0.29, 0.717) is 17.9 Å². The zero-order valence-electron chi connectivity index (χ0n) is 20.2. The fourth-order valence-electron chi connectivity index (χ4n) is 6.51. The lowest BCUT2D eigenvalue weighted by atomic mass is 9.69. The number of carbonyl (C=O) groups is 2. The van der Waals surface area contributed by atoms with Crippen LogP contribution in [0.1, 0.15) is 59.4 Å². The lowest BCUT2D eigenvalue weighted by molar-refractivity contribution is -0.265. The maximum atomic E-state index is 13.3. The molecule has 3 fully saturated rings. The number of fused-ring (bicyclic) bond motifs is 4. The summed E-state index contributed by atoms with van der Waals surface area (Å²) >= 11 is 0. The fraction of sp³-hybridized carbons (Fsp3) is 0.630. The molecule has 180 valence electrons. The predicted octanol–water partition coefficient (Wildman–Crippen LogP) is 4.16. The Bertz CT molecular complexity index is 924. The van der Waals surface area contributed by atoms with Crippen molar-refractivity contribution in [1.29, 1.82) is 0 Å². The zero-order chi connectivity index (χ0) is 24.0. The number of esters is 2. The average molecular weight is 457 g/mol. The minimum absolute atomic E-state index is 0.0413. The molecule has 1 aromatic rings. The van der Waals surface area contributed by atoms with Gasteiger partial charge in [-0.1, -0.05) is 51.1 Å². The standard InChI is InChI=1S/C27H36O6/c1-16(2)27-14-21(31-22(29)15-28)26(5,33-27)20-12-11-17(3)23(20)24(27)32-25(30)18(4)13-19-9-7-6-8-10-19/h6-10,13,16-17,20-21,23-24,28H,11-12,14-15H2,1-5H3/b18-13+/t17-,20-,21-,23-,24+,26+,27-/m1/s1. The largest absolute Gasteiger partial charge is 0.457 e. The molecule has 3 aliphatic rings. The SMILES string of the molecule is C/C(=C\c1ccccc1)C(=O)O[C@H]1[C@@H]2[C@H](C)CC[C@H]2[C@]2(C)O[C@@]1(C(C)C)C[C@H]2OC(=O)CO. The van der Waals surface area contributed by atoms with Crippen molar-refractivity contribution < 1.29 is 28.9 Å². The Morgan fingerprint density at radius 2 is 1.91 bits per heavy atom. The van der Waals surface area contributed by atoms with E-state index in [1.165, 1.54) is 0 Å². The van der Waals surface area contributed by atoms with Crippen LogP contribution in [0.2, 0.25) is 0 Å². The Balaban J connectivity index is 1.68. The Kier molecular flexibility index (Phi) is 6.45. The zero-order valence-corrected chi connectivity index (χ0v) is 20.2. The van der Waals surface area contributed by atoms with Crippen LogP contribution in [0.15, 0.2) is 35.9 Å². The van der Waals surface area contributed by atoms with E-state index in [0.717, 1.165) is 18.4 Å². The van der Waals surface area contributed by atoms with Gasteiger partial charge in [-0.15, -0.1) is 0 Å². The third-order valence-electron chi connectivity index (χ3n) is 8.29. The number of aliphatic hydroxyl groups is 1. The molecule has 33 heavy (non-hydrogen) atoms. The highest BCUT2D eigenvalue weighted by atomic mass is 16.6. The first-order valence-corrected chi connectivity index (χ1v) is 12.1. The second-order valence-electron chi connectivity index (χ2n) is 10.5. The molecule has 0 radical (unpaired) electrons. The van der Waals surface area contributed by atoms with Gasteiger partial charge in [0, 0.05) is 17.9 Å². The van der Waals surface area contributed by atoms with E-state index in [-0.39, 0.29) is 23.7 Å². The molecular formula is C27H36O6. The molecule has 0 amide bonds. The molecular weight excluding hydrogens is 420 g/mol. The van der Waals surface area contributed by atoms with Crippen LogP contribution in [0.4, 0.5) is 0 Å². The Hall–Kier alpha value is -2.18. The van der Waals surface area contributed by atoms with Crippen molar-refractivity contribution in [1.82, 2.24) is 0 Å². The molecule has 2 saturated heterocycles. The number of rotatable bonds is 6. The highest BCUT2D eigenvalue weighted by Gasteiger charge is 2.72. The van der Waals surface area contributed by atoms with Crippen LogP contribution in [0.3, 0.4) is 0 Å². The van der Waals surface area contributed by atoms with Gasteiger partial charge in [-0.2, -0.15) is 0 Å². The Morgan fingerprint density at radius 1 is 1.21 bits per heavy atom. The predicted molar refractivity (Wildman–Crippen MR) is 124 cm³/mol. The second kappa shape index (κ2) is 8.88. The van der Waals surface area contributed by atoms with Crippen LogP contribution in [0, 0.1) is 23.7 Å². The molecule has 0 unspecified atom stereocenters. The van der Waals surface area contributed by atoms with E-state index in [4.69, 9.17) is 14.2 Å². The van der Waals surface area contributed by atoms with E-state index in [2.05, 4.69) is 20.8 Å². The van der Waals surface area contributed by atoms with Crippen LogP contribution in [0.5, 0.6) is 0 Å². The van der Waals surface area contributed by atoms with Crippen LogP contribution in [0.25, 0.3) is 6.08 Å². The van der Waals surface area contributed by atoms with Crippen molar-refractivity contribution >= 4 is 18.0 Å². The van der Waals surface area contributed by atoms with E-state index >= 15 is 0 Å². The molecule has 1 N–H and O–H groups in total. The molecule has 0 spiro atoms. The third-order valence-corrected chi connectivity index (χ3v) is 8.29. The quantitative estimate of drug-likeness (QED) is 0.511. The van der Waals surface area contributed by atoms with Gasteiger partial charge < -0.3 is 19.3 Å². The smallest absolute Gasteiger partial charge is 0.334 e. The van der Waals surface area contributed by atoms with Crippen LogP contribution >= 0.6 is 0 Å². The van der Waals surface area contributed by atoms with Crippen molar-refractivity contribution in [2.24, 2.45) is 23.7 Å². The van der Waals surface area contributed by atoms with E-state index in [9.17, 15) is 14.7 Å². The molecule has 6 nitrogen and oxygen atoms in total. The number of ether oxygens (including phenoxy) is 3. The topological polar surface area (TPSA) is 82.1 Å². The van der Waals surface area contributed by atoms with E-state index in [1.807, 2.05) is 43.3 Å². The normalized spacial score (nSPS) is 37.7. The van der Waals surface area contributed by atoms with Gasteiger partial charge in [0.25, 0.3) is 0 Å². The summed E-state index contributed by atoms with van der Waals surface area (Å²) in [4.78, 5) is 25.3. The summed E-state index contributed by atoms with van der Waals surface area (Å²) in [6, 6.07) is 9.72. The third kappa shape index (κ3) is 4.01. The maximum absolute atomic E-state index is 13.3. The summed E-state index contributed by atoms with van der Waals surface area (Å²) in [5, 5.41) is 9.28. The van der Waals surface area contributed by atoms with Crippen LogP contribution < -0.4 is 0 Å². The molecule has 7 atom stereocenters. The van der Waals surface area contributed by atoms with Gasteiger partial charge in [-0.25, -0.2) is 9.59 Å². The number of aliphatic hydroxyl groups excluding tert-OH is 1. The van der Waals surface area contributed by atoms with Gasteiger partial charge in [0.15, 0.2) is 0 Å². The van der Waals surface area contributed by atoms with Crippen molar-refractivity contribution in [3.63, 3.8) is 0 Å².